The molecular weight excluding hydrogens is 379 g/mol. The zero-order chi connectivity index (χ0) is 20.4. The van der Waals surface area contributed by atoms with Crippen LogP contribution >= 0.6 is 7.26 Å². The van der Waals surface area contributed by atoms with E-state index in [2.05, 4.69) is 116 Å². The monoisotopic (exact) mass is 407 g/mol. The number of rotatable bonds is 3. The van der Waals surface area contributed by atoms with E-state index in [4.69, 9.17) is 0 Å². The largest absolute Gasteiger partial charge is 0.0995 e. The highest BCUT2D eigenvalue weighted by Gasteiger charge is 2.45. The molecule has 0 spiro atoms. The third-order valence-electron chi connectivity index (χ3n) is 6.62. The molecule has 1 heteroatoms. The van der Waals surface area contributed by atoms with Gasteiger partial charge in [-0.25, -0.2) is 0 Å². The number of hydrogen-bond acceptors (Lipinski definition) is 0. The third kappa shape index (κ3) is 3.51. The predicted molar refractivity (Wildman–Crippen MR) is 132 cm³/mol. The molecule has 0 bridgehead atoms. The molecule has 0 amide bonds. The van der Waals surface area contributed by atoms with Crippen molar-refractivity contribution in [2.45, 2.75) is 25.4 Å². The van der Waals surface area contributed by atoms with E-state index in [9.17, 15) is 0 Å². The maximum Gasteiger partial charge on any atom is 0.0995 e. The van der Waals surface area contributed by atoms with Gasteiger partial charge in [-0.05, 0) is 54.3 Å². The molecule has 4 aromatic carbocycles. The summed E-state index contributed by atoms with van der Waals surface area (Å²) in [4.78, 5) is 0. The fourth-order valence-electron chi connectivity index (χ4n) is 5.13. The first kappa shape index (κ1) is 19.3. The van der Waals surface area contributed by atoms with Gasteiger partial charge in [0.25, 0.3) is 0 Å². The molecule has 0 aromatic heterocycles. The normalized spacial score (nSPS) is 17.7. The first-order valence-electron chi connectivity index (χ1n) is 10.9. The third-order valence-corrected chi connectivity index (χ3v) is 11.1. The van der Waals surface area contributed by atoms with Crippen LogP contribution in [0.3, 0.4) is 0 Å². The van der Waals surface area contributed by atoms with Crippen LogP contribution in [-0.2, 0) is 6.16 Å². The highest BCUT2D eigenvalue weighted by Crippen LogP contribution is 2.63. The van der Waals surface area contributed by atoms with Crippen molar-refractivity contribution in [1.82, 2.24) is 0 Å². The van der Waals surface area contributed by atoms with Crippen LogP contribution in [0.1, 0.15) is 34.6 Å². The van der Waals surface area contributed by atoms with Crippen molar-refractivity contribution in [1.29, 1.82) is 0 Å². The first-order valence-corrected chi connectivity index (χ1v) is 13.0. The predicted octanol–water partition coefficient (Wildman–Crippen LogP) is 6.70. The maximum absolute atomic E-state index is 2.46. The second-order valence-electron chi connectivity index (χ2n) is 8.47. The zero-order valence-electron chi connectivity index (χ0n) is 17.5. The van der Waals surface area contributed by atoms with E-state index in [0.29, 0.717) is 5.92 Å². The van der Waals surface area contributed by atoms with E-state index in [-0.39, 0.29) is 0 Å². The van der Waals surface area contributed by atoms with Crippen molar-refractivity contribution >= 4 is 17.9 Å². The Hall–Kier alpha value is -2.69. The van der Waals surface area contributed by atoms with Gasteiger partial charge < -0.3 is 0 Å². The summed E-state index contributed by atoms with van der Waals surface area (Å²) >= 11 is 0. The lowest BCUT2D eigenvalue weighted by atomic mass is 9.86. The van der Waals surface area contributed by atoms with Crippen molar-refractivity contribution in [3.63, 3.8) is 0 Å². The van der Waals surface area contributed by atoms with Crippen LogP contribution in [-0.4, -0.2) is 6.16 Å². The Bertz CT molecular complexity index is 1080. The molecule has 0 nitrogen and oxygen atoms in total. The molecule has 30 heavy (non-hydrogen) atoms. The van der Waals surface area contributed by atoms with Crippen molar-refractivity contribution in [3.05, 3.63) is 131 Å². The van der Waals surface area contributed by atoms with Crippen molar-refractivity contribution in [3.8, 4) is 0 Å². The lowest BCUT2D eigenvalue weighted by Crippen LogP contribution is -2.26. The molecule has 0 fully saturated rings. The smallest absolute Gasteiger partial charge is 0.0622 e. The Morgan fingerprint density at radius 2 is 1.23 bits per heavy atom. The molecule has 0 saturated carbocycles. The van der Waals surface area contributed by atoms with Gasteiger partial charge in [-0.15, -0.1) is 0 Å². The van der Waals surface area contributed by atoms with E-state index < -0.39 is 7.26 Å². The van der Waals surface area contributed by atoms with Crippen LogP contribution in [0.15, 0.2) is 109 Å². The Balaban J connectivity index is 1.72. The van der Waals surface area contributed by atoms with E-state index in [1.54, 1.807) is 5.56 Å². The minimum atomic E-state index is -1.55. The standard InChI is InChI=1S/C29H28P/c1-23-17-18-28-25(21-23)22-30(26-13-7-3-8-14-26,27-15-9-4-10-16-27)20-19-29(28)24-11-5-2-6-12-24/h2-18,21,29H,19-20,22H2,1H3/q+1. The second kappa shape index (κ2) is 8.21. The average Bonchev–Trinajstić information content (AvgIpc) is 2.98. The van der Waals surface area contributed by atoms with Gasteiger partial charge in [0, 0.05) is 5.92 Å². The molecule has 1 aliphatic rings. The van der Waals surface area contributed by atoms with E-state index >= 15 is 0 Å². The zero-order valence-corrected chi connectivity index (χ0v) is 18.4. The molecule has 0 aliphatic carbocycles. The molecule has 1 heterocycles. The van der Waals surface area contributed by atoms with E-state index in [1.807, 2.05) is 0 Å². The highest BCUT2D eigenvalue weighted by molar-refractivity contribution is 7.88. The van der Waals surface area contributed by atoms with E-state index in [1.165, 1.54) is 39.9 Å². The van der Waals surface area contributed by atoms with Gasteiger partial charge in [-0.1, -0.05) is 90.5 Å². The number of benzene rings is 4. The van der Waals surface area contributed by atoms with Crippen LogP contribution in [0.2, 0.25) is 0 Å². The van der Waals surface area contributed by atoms with Gasteiger partial charge in [0.05, 0.1) is 30.2 Å². The topological polar surface area (TPSA) is 0 Å². The first-order chi connectivity index (χ1) is 14.8. The van der Waals surface area contributed by atoms with Crippen LogP contribution in [0.5, 0.6) is 0 Å². The molecule has 4 aromatic rings. The molecule has 1 atom stereocenters. The summed E-state index contributed by atoms with van der Waals surface area (Å²) in [7, 11) is -1.55. The quantitative estimate of drug-likeness (QED) is 0.332. The molecular formula is C29H28P+. The lowest BCUT2D eigenvalue weighted by molar-refractivity contribution is 0.783. The van der Waals surface area contributed by atoms with Gasteiger partial charge in [0.2, 0.25) is 0 Å². The van der Waals surface area contributed by atoms with Crippen molar-refractivity contribution < 1.29 is 0 Å². The maximum atomic E-state index is 2.46. The molecule has 0 saturated heterocycles. The average molecular weight is 408 g/mol. The molecule has 0 radical (unpaired) electrons. The Kier molecular flexibility index (Phi) is 5.28. The summed E-state index contributed by atoms with van der Waals surface area (Å²) in [5.74, 6) is 0.469. The summed E-state index contributed by atoms with van der Waals surface area (Å²) in [6.45, 7) is 2.23. The van der Waals surface area contributed by atoms with Crippen LogP contribution in [0.4, 0.5) is 0 Å². The Labute approximate surface area is 181 Å². The van der Waals surface area contributed by atoms with Gasteiger partial charge in [0.15, 0.2) is 0 Å². The summed E-state index contributed by atoms with van der Waals surface area (Å²) in [5, 5.41) is 3.08. The molecule has 1 unspecified atom stereocenters. The van der Waals surface area contributed by atoms with Gasteiger partial charge in [-0.3, -0.25) is 0 Å². The SMILES string of the molecule is Cc1ccc2c(c1)C[P+](c1ccccc1)(c1ccccc1)CCC2c1ccccc1. The van der Waals surface area contributed by atoms with Crippen molar-refractivity contribution in [2.75, 3.05) is 6.16 Å². The fraction of sp³-hybridized carbons (Fsp3) is 0.172. The lowest BCUT2D eigenvalue weighted by Gasteiger charge is -2.26. The van der Waals surface area contributed by atoms with Gasteiger partial charge in [0.1, 0.15) is 0 Å². The molecule has 1 aliphatic heterocycles. The number of aryl methyl sites for hydroxylation is 1. The second-order valence-corrected chi connectivity index (χ2v) is 12.2. The number of hydrogen-bond donors (Lipinski definition) is 0. The summed E-state index contributed by atoms with van der Waals surface area (Å²) in [5.41, 5.74) is 5.88. The highest BCUT2D eigenvalue weighted by atomic mass is 31.2. The number of fused-ring (bicyclic) bond motifs is 1. The van der Waals surface area contributed by atoms with Crippen LogP contribution < -0.4 is 10.6 Å². The minimum Gasteiger partial charge on any atom is -0.0622 e. The Morgan fingerprint density at radius 3 is 1.83 bits per heavy atom. The summed E-state index contributed by atoms with van der Waals surface area (Å²) in [6, 6.07) is 40.9. The summed E-state index contributed by atoms with van der Waals surface area (Å²) in [6.07, 6.45) is 3.59. The minimum absolute atomic E-state index is 0.469. The van der Waals surface area contributed by atoms with Gasteiger partial charge in [-0.2, -0.15) is 0 Å². The fourth-order valence-corrected chi connectivity index (χ4v) is 9.51. The summed E-state index contributed by atoms with van der Waals surface area (Å²) < 4.78 is 0. The molecule has 5 rings (SSSR count). The Morgan fingerprint density at radius 1 is 0.667 bits per heavy atom. The van der Waals surface area contributed by atoms with Crippen LogP contribution in [0, 0.1) is 6.92 Å². The van der Waals surface area contributed by atoms with Crippen LogP contribution in [0.25, 0.3) is 0 Å². The molecule has 0 N–H and O–H groups in total. The van der Waals surface area contributed by atoms with Gasteiger partial charge >= 0.3 is 0 Å². The van der Waals surface area contributed by atoms with E-state index in [0.717, 1.165) is 6.16 Å². The molecule has 148 valence electrons. The van der Waals surface area contributed by atoms with Crippen molar-refractivity contribution in [2.24, 2.45) is 0 Å².